The Kier molecular flexibility index (Phi) is 9.52. The number of hydrogen-bond donors (Lipinski definition) is 0. The monoisotopic (exact) mass is 326 g/mol. The second-order valence-electron chi connectivity index (χ2n) is 6.08. The van der Waals surface area contributed by atoms with Crippen molar-refractivity contribution >= 4 is 5.97 Å². The minimum atomic E-state index is -0.122. The van der Waals surface area contributed by atoms with Crippen molar-refractivity contribution in [3.05, 3.63) is 72.4 Å². The first-order chi connectivity index (χ1) is 11.6. The van der Waals surface area contributed by atoms with Crippen LogP contribution in [-0.4, -0.2) is 12.1 Å². The summed E-state index contributed by atoms with van der Waals surface area (Å²) in [6, 6.07) is 10.4. The van der Waals surface area contributed by atoms with E-state index in [0.717, 1.165) is 19.3 Å². The van der Waals surface area contributed by atoms with Gasteiger partial charge in [-0.3, -0.25) is 4.79 Å². The van der Waals surface area contributed by atoms with Gasteiger partial charge in [0.2, 0.25) is 0 Å². The smallest absolute Gasteiger partial charge is 0.306 e. The van der Waals surface area contributed by atoms with Gasteiger partial charge in [-0.2, -0.15) is 0 Å². The lowest BCUT2D eigenvalue weighted by molar-refractivity contribution is -0.150. The molecule has 1 rings (SSSR count). The van der Waals surface area contributed by atoms with Crippen LogP contribution in [-0.2, 0) is 16.0 Å². The Morgan fingerprint density at radius 1 is 1.29 bits per heavy atom. The number of allylic oxidation sites excluding steroid dienone is 5. The highest BCUT2D eigenvalue weighted by molar-refractivity contribution is 5.69. The summed E-state index contributed by atoms with van der Waals surface area (Å²) in [4.78, 5) is 11.9. The standard InChI is InChI=1S/C22H30O2/c1-5-11-19(12-6-2)16-21(17-20-14-9-8-10-15-20)18(4)24-22(23)13-7-3/h5-6,8-12,14-15,18,21H,1,7,13,16-17H2,2-4H3/b12-6-,19-11+. The molecule has 0 aliphatic carbocycles. The van der Waals surface area contributed by atoms with E-state index in [9.17, 15) is 4.79 Å². The van der Waals surface area contributed by atoms with Crippen molar-refractivity contribution in [1.82, 2.24) is 0 Å². The van der Waals surface area contributed by atoms with E-state index in [-0.39, 0.29) is 18.0 Å². The maximum absolute atomic E-state index is 11.9. The summed E-state index contributed by atoms with van der Waals surface area (Å²) < 4.78 is 5.67. The minimum Gasteiger partial charge on any atom is -0.462 e. The maximum Gasteiger partial charge on any atom is 0.306 e. The molecule has 0 radical (unpaired) electrons. The van der Waals surface area contributed by atoms with E-state index in [1.54, 1.807) is 0 Å². The molecule has 0 heterocycles. The molecule has 0 aliphatic heterocycles. The number of carbonyl (C=O) groups excluding carboxylic acids is 1. The summed E-state index contributed by atoms with van der Waals surface area (Å²) in [5, 5.41) is 0. The lowest BCUT2D eigenvalue weighted by atomic mass is 9.88. The molecule has 0 bridgehead atoms. The Morgan fingerprint density at radius 2 is 2.00 bits per heavy atom. The van der Waals surface area contributed by atoms with E-state index < -0.39 is 0 Å². The van der Waals surface area contributed by atoms with E-state index in [1.165, 1.54) is 11.1 Å². The number of benzene rings is 1. The third-order valence-corrected chi connectivity index (χ3v) is 3.99. The highest BCUT2D eigenvalue weighted by Crippen LogP contribution is 2.24. The summed E-state index contributed by atoms with van der Waals surface area (Å²) in [6.45, 7) is 9.80. The van der Waals surface area contributed by atoms with Crippen molar-refractivity contribution in [2.75, 3.05) is 0 Å². The zero-order chi connectivity index (χ0) is 17.8. The van der Waals surface area contributed by atoms with Gasteiger partial charge in [0.1, 0.15) is 6.10 Å². The largest absolute Gasteiger partial charge is 0.462 e. The van der Waals surface area contributed by atoms with Crippen LogP contribution in [0.25, 0.3) is 0 Å². The van der Waals surface area contributed by atoms with E-state index in [2.05, 4.69) is 24.8 Å². The van der Waals surface area contributed by atoms with Crippen LogP contribution in [0.5, 0.6) is 0 Å². The predicted molar refractivity (Wildman–Crippen MR) is 102 cm³/mol. The molecular formula is C22H30O2. The molecule has 0 saturated carbocycles. The lowest BCUT2D eigenvalue weighted by Gasteiger charge is -2.25. The normalized spacial score (nSPS) is 14.4. The lowest BCUT2D eigenvalue weighted by Crippen LogP contribution is -2.26. The molecule has 0 N–H and O–H groups in total. The number of ether oxygens (including phenoxy) is 1. The maximum atomic E-state index is 11.9. The number of hydrogen-bond acceptors (Lipinski definition) is 2. The van der Waals surface area contributed by atoms with Crippen LogP contribution in [0.3, 0.4) is 0 Å². The fourth-order valence-electron chi connectivity index (χ4n) is 2.75. The molecule has 2 nitrogen and oxygen atoms in total. The zero-order valence-electron chi connectivity index (χ0n) is 15.2. The molecule has 0 aromatic heterocycles. The van der Waals surface area contributed by atoms with Gasteiger partial charge in [-0.1, -0.05) is 68.1 Å². The van der Waals surface area contributed by atoms with Gasteiger partial charge in [0.05, 0.1) is 0 Å². The van der Waals surface area contributed by atoms with Crippen molar-refractivity contribution in [3.63, 3.8) is 0 Å². The molecular weight excluding hydrogens is 296 g/mol. The van der Waals surface area contributed by atoms with Crippen LogP contribution in [0.1, 0.15) is 45.6 Å². The molecule has 1 aromatic rings. The van der Waals surface area contributed by atoms with Gasteiger partial charge in [0, 0.05) is 12.3 Å². The summed E-state index contributed by atoms with van der Waals surface area (Å²) in [7, 11) is 0. The predicted octanol–water partition coefficient (Wildman–Crippen LogP) is 5.66. The Bertz CT molecular complexity index is 555. The van der Waals surface area contributed by atoms with Gasteiger partial charge in [-0.15, -0.1) is 0 Å². The molecule has 0 amide bonds. The van der Waals surface area contributed by atoms with Crippen molar-refractivity contribution in [2.24, 2.45) is 5.92 Å². The quantitative estimate of drug-likeness (QED) is 0.410. The van der Waals surface area contributed by atoms with Crippen LogP contribution < -0.4 is 0 Å². The average molecular weight is 326 g/mol. The molecule has 2 heteroatoms. The average Bonchev–Trinajstić information content (AvgIpc) is 2.55. The summed E-state index contributed by atoms with van der Waals surface area (Å²) >= 11 is 0. The van der Waals surface area contributed by atoms with Gasteiger partial charge in [0.15, 0.2) is 0 Å². The summed E-state index contributed by atoms with van der Waals surface area (Å²) in [6.07, 6.45) is 10.9. The fraction of sp³-hybridized carbons (Fsp3) is 0.409. The molecule has 1 aromatic carbocycles. The van der Waals surface area contributed by atoms with Gasteiger partial charge < -0.3 is 4.74 Å². The molecule has 0 saturated heterocycles. The van der Waals surface area contributed by atoms with Gasteiger partial charge >= 0.3 is 5.97 Å². The third-order valence-electron chi connectivity index (χ3n) is 3.99. The van der Waals surface area contributed by atoms with Crippen LogP contribution >= 0.6 is 0 Å². The number of carbonyl (C=O) groups is 1. The molecule has 2 unspecified atom stereocenters. The molecule has 130 valence electrons. The van der Waals surface area contributed by atoms with E-state index in [4.69, 9.17) is 4.74 Å². The SMILES string of the molecule is C=C/C=C(\C=C/C)CC(Cc1ccccc1)C(C)OC(=O)CCC. The van der Waals surface area contributed by atoms with Crippen LogP contribution in [0, 0.1) is 5.92 Å². The van der Waals surface area contributed by atoms with Crippen molar-refractivity contribution in [1.29, 1.82) is 0 Å². The second kappa shape index (κ2) is 11.4. The van der Waals surface area contributed by atoms with Crippen LogP contribution in [0.2, 0.25) is 0 Å². The molecule has 0 aliphatic rings. The first kappa shape index (κ1) is 20.0. The Labute approximate surface area is 146 Å². The summed E-state index contributed by atoms with van der Waals surface area (Å²) in [5.74, 6) is 0.124. The topological polar surface area (TPSA) is 26.3 Å². The Balaban J connectivity index is 2.90. The Hall–Kier alpha value is -2.09. The first-order valence-corrected chi connectivity index (χ1v) is 8.78. The molecule has 0 spiro atoms. The van der Waals surface area contributed by atoms with E-state index in [1.807, 2.05) is 57.2 Å². The molecule has 24 heavy (non-hydrogen) atoms. The van der Waals surface area contributed by atoms with E-state index >= 15 is 0 Å². The van der Waals surface area contributed by atoms with Gasteiger partial charge in [-0.25, -0.2) is 0 Å². The minimum absolute atomic E-state index is 0.108. The van der Waals surface area contributed by atoms with E-state index in [0.29, 0.717) is 6.42 Å². The summed E-state index contributed by atoms with van der Waals surface area (Å²) in [5.41, 5.74) is 2.46. The van der Waals surface area contributed by atoms with Gasteiger partial charge in [-0.05, 0) is 44.2 Å². The fourth-order valence-corrected chi connectivity index (χ4v) is 2.75. The second-order valence-corrected chi connectivity index (χ2v) is 6.08. The number of rotatable bonds is 10. The number of esters is 1. The van der Waals surface area contributed by atoms with Crippen LogP contribution in [0.4, 0.5) is 0 Å². The highest BCUT2D eigenvalue weighted by Gasteiger charge is 2.22. The molecule has 0 fully saturated rings. The highest BCUT2D eigenvalue weighted by atomic mass is 16.5. The molecule has 2 atom stereocenters. The van der Waals surface area contributed by atoms with Crippen LogP contribution in [0.15, 0.2) is 66.8 Å². The third kappa shape index (κ3) is 7.45. The van der Waals surface area contributed by atoms with Gasteiger partial charge in [0.25, 0.3) is 0 Å². The first-order valence-electron chi connectivity index (χ1n) is 8.78. The van der Waals surface area contributed by atoms with Crippen molar-refractivity contribution in [3.8, 4) is 0 Å². The van der Waals surface area contributed by atoms with Crippen molar-refractivity contribution in [2.45, 2.75) is 52.6 Å². The Morgan fingerprint density at radius 3 is 2.58 bits per heavy atom. The zero-order valence-corrected chi connectivity index (χ0v) is 15.2. The van der Waals surface area contributed by atoms with Crippen molar-refractivity contribution < 1.29 is 9.53 Å².